The highest BCUT2D eigenvalue weighted by molar-refractivity contribution is 5.73. The van der Waals surface area contributed by atoms with Crippen molar-refractivity contribution in [1.82, 2.24) is 0 Å². The minimum absolute atomic E-state index is 0.317. The zero-order chi connectivity index (χ0) is 10.1. The van der Waals surface area contributed by atoms with Crippen LogP contribution in [0.25, 0.3) is 0 Å². The van der Waals surface area contributed by atoms with Gasteiger partial charge < -0.3 is 9.84 Å². The summed E-state index contributed by atoms with van der Waals surface area (Å²) < 4.78 is 4.72. The third kappa shape index (κ3) is 7.28. The van der Waals surface area contributed by atoms with Gasteiger partial charge in [-0.15, -0.1) is 0 Å². The predicted octanol–water partition coefficient (Wildman–Crippen LogP) is 1.43. The second-order valence-corrected chi connectivity index (χ2v) is 2.59. The molecule has 0 aromatic rings. The van der Waals surface area contributed by atoms with Crippen molar-refractivity contribution < 1.29 is 14.6 Å². The van der Waals surface area contributed by atoms with Crippen molar-refractivity contribution in [1.29, 1.82) is 0 Å². The average molecular weight is 184 g/mol. The van der Waals surface area contributed by atoms with Crippen molar-refractivity contribution in [2.45, 2.75) is 26.4 Å². The number of ether oxygens (including phenoxy) is 1. The van der Waals surface area contributed by atoms with E-state index in [0.717, 1.165) is 0 Å². The molecule has 0 rings (SSSR count). The number of aliphatic hydroxyl groups excluding tert-OH is 1. The lowest BCUT2D eigenvalue weighted by Gasteiger charge is -2.03. The van der Waals surface area contributed by atoms with Gasteiger partial charge in [-0.3, -0.25) is 0 Å². The number of carbonyl (C=O) groups is 1. The summed E-state index contributed by atoms with van der Waals surface area (Å²) in [7, 11) is 0. The fourth-order valence-electron chi connectivity index (χ4n) is 0.634. The maximum atomic E-state index is 10.7. The van der Waals surface area contributed by atoms with Gasteiger partial charge in [0.15, 0.2) is 0 Å². The van der Waals surface area contributed by atoms with Gasteiger partial charge in [-0.05, 0) is 20.3 Å². The van der Waals surface area contributed by atoms with Crippen molar-refractivity contribution in [3.05, 3.63) is 24.3 Å². The Morgan fingerprint density at radius 3 is 2.77 bits per heavy atom. The summed E-state index contributed by atoms with van der Waals surface area (Å²) in [6.45, 7) is 3.63. The van der Waals surface area contributed by atoms with Gasteiger partial charge in [-0.25, -0.2) is 4.79 Å². The lowest BCUT2D eigenvalue weighted by Crippen LogP contribution is -2.19. The van der Waals surface area contributed by atoms with E-state index in [9.17, 15) is 4.79 Å². The Balaban J connectivity index is 3.41. The highest BCUT2D eigenvalue weighted by Crippen LogP contribution is 1.90. The quantitative estimate of drug-likeness (QED) is 0.399. The molecule has 0 aliphatic heterocycles. The number of aliphatic hydroxyl groups is 1. The average Bonchev–Trinajstić information content (AvgIpc) is 2.10. The Kier molecular flexibility index (Phi) is 6.92. The van der Waals surface area contributed by atoms with Crippen molar-refractivity contribution in [2.24, 2.45) is 0 Å². The van der Waals surface area contributed by atoms with Crippen LogP contribution in [0, 0.1) is 0 Å². The topological polar surface area (TPSA) is 46.5 Å². The van der Waals surface area contributed by atoms with Crippen LogP contribution < -0.4 is 0 Å². The zero-order valence-electron chi connectivity index (χ0n) is 8.06. The van der Waals surface area contributed by atoms with Crippen LogP contribution in [0.4, 0.5) is 0 Å². The van der Waals surface area contributed by atoms with E-state index in [4.69, 9.17) is 9.84 Å². The summed E-state index contributed by atoms with van der Waals surface area (Å²) in [6.07, 6.45) is 7.24. The van der Waals surface area contributed by atoms with Gasteiger partial charge in [-0.1, -0.05) is 24.3 Å². The third-order valence-corrected chi connectivity index (χ3v) is 1.31. The second kappa shape index (κ2) is 7.55. The van der Waals surface area contributed by atoms with Crippen molar-refractivity contribution >= 4 is 5.97 Å². The van der Waals surface area contributed by atoms with Crippen LogP contribution in [-0.4, -0.2) is 23.8 Å². The largest absolute Gasteiger partial charge is 0.463 e. The SMILES string of the molecule is C/C=C/C=C\CCOC(=O)C(C)O. The van der Waals surface area contributed by atoms with Crippen molar-refractivity contribution in [3.8, 4) is 0 Å². The first-order valence-electron chi connectivity index (χ1n) is 4.31. The molecule has 0 aromatic heterocycles. The Labute approximate surface area is 78.7 Å². The normalized spacial score (nSPS) is 13.8. The number of hydrogen-bond donors (Lipinski definition) is 1. The third-order valence-electron chi connectivity index (χ3n) is 1.31. The highest BCUT2D eigenvalue weighted by Gasteiger charge is 2.08. The van der Waals surface area contributed by atoms with Gasteiger partial charge in [0.25, 0.3) is 0 Å². The fourth-order valence-corrected chi connectivity index (χ4v) is 0.634. The fraction of sp³-hybridized carbons (Fsp3) is 0.500. The van der Waals surface area contributed by atoms with Crippen LogP contribution in [0.5, 0.6) is 0 Å². The molecule has 0 saturated heterocycles. The predicted molar refractivity (Wildman–Crippen MR) is 51.2 cm³/mol. The monoisotopic (exact) mass is 184 g/mol. The molecule has 0 saturated carbocycles. The number of carbonyl (C=O) groups excluding carboxylic acids is 1. The summed E-state index contributed by atoms with van der Waals surface area (Å²) in [5.74, 6) is -0.570. The van der Waals surface area contributed by atoms with E-state index < -0.39 is 12.1 Å². The van der Waals surface area contributed by atoms with Crippen LogP contribution in [0.3, 0.4) is 0 Å². The second-order valence-electron chi connectivity index (χ2n) is 2.59. The van der Waals surface area contributed by atoms with E-state index in [0.29, 0.717) is 13.0 Å². The van der Waals surface area contributed by atoms with Crippen molar-refractivity contribution in [2.75, 3.05) is 6.61 Å². The standard InChI is InChI=1S/C10H16O3/c1-3-4-5-6-7-8-13-10(12)9(2)11/h3-6,9,11H,7-8H2,1-2H3/b4-3+,6-5-. The van der Waals surface area contributed by atoms with Gasteiger partial charge in [0, 0.05) is 0 Å². The van der Waals surface area contributed by atoms with E-state index in [1.165, 1.54) is 6.92 Å². The first kappa shape index (κ1) is 11.9. The molecule has 0 aliphatic rings. The van der Waals surface area contributed by atoms with E-state index in [2.05, 4.69) is 0 Å². The molecule has 1 unspecified atom stereocenters. The molecule has 1 N–H and O–H groups in total. The van der Waals surface area contributed by atoms with Gasteiger partial charge in [0.05, 0.1) is 6.61 Å². The van der Waals surface area contributed by atoms with Gasteiger partial charge in [-0.2, -0.15) is 0 Å². The van der Waals surface area contributed by atoms with Crippen molar-refractivity contribution in [3.63, 3.8) is 0 Å². The Hall–Kier alpha value is -1.09. The molecule has 0 spiro atoms. The minimum atomic E-state index is -1.03. The number of rotatable bonds is 5. The van der Waals surface area contributed by atoms with E-state index in [1.807, 2.05) is 31.2 Å². The van der Waals surface area contributed by atoms with E-state index >= 15 is 0 Å². The number of esters is 1. The number of allylic oxidation sites excluding steroid dienone is 3. The molecule has 3 nitrogen and oxygen atoms in total. The van der Waals surface area contributed by atoms with Gasteiger partial charge >= 0.3 is 5.97 Å². The van der Waals surface area contributed by atoms with Crippen LogP contribution in [0.1, 0.15) is 20.3 Å². The molecule has 13 heavy (non-hydrogen) atoms. The molecule has 1 atom stereocenters. The molecule has 0 aliphatic carbocycles. The van der Waals surface area contributed by atoms with E-state index in [1.54, 1.807) is 0 Å². The summed E-state index contributed by atoms with van der Waals surface area (Å²) in [6, 6.07) is 0. The smallest absolute Gasteiger partial charge is 0.334 e. The lowest BCUT2D eigenvalue weighted by atomic mass is 10.3. The van der Waals surface area contributed by atoms with Crippen LogP contribution >= 0.6 is 0 Å². The molecule has 0 radical (unpaired) electrons. The summed E-state index contributed by atoms with van der Waals surface area (Å²) >= 11 is 0. The molecular formula is C10H16O3. The van der Waals surface area contributed by atoms with Crippen LogP contribution in [-0.2, 0) is 9.53 Å². The van der Waals surface area contributed by atoms with Gasteiger partial charge in [0.2, 0.25) is 0 Å². The highest BCUT2D eigenvalue weighted by atomic mass is 16.5. The maximum Gasteiger partial charge on any atom is 0.334 e. The molecule has 0 heterocycles. The van der Waals surface area contributed by atoms with Crippen LogP contribution in [0.2, 0.25) is 0 Å². The lowest BCUT2D eigenvalue weighted by molar-refractivity contribution is -0.152. The van der Waals surface area contributed by atoms with Crippen LogP contribution in [0.15, 0.2) is 24.3 Å². The molecule has 0 fully saturated rings. The Morgan fingerprint density at radius 1 is 1.54 bits per heavy atom. The Morgan fingerprint density at radius 2 is 2.23 bits per heavy atom. The summed E-state index contributed by atoms with van der Waals surface area (Å²) in [5.41, 5.74) is 0. The maximum absolute atomic E-state index is 10.7. The molecule has 3 heteroatoms. The molecule has 0 amide bonds. The molecule has 0 bridgehead atoms. The summed E-state index contributed by atoms with van der Waals surface area (Å²) in [4.78, 5) is 10.7. The van der Waals surface area contributed by atoms with Gasteiger partial charge in [0.1, 0.15) is 6.10 Å². The summed E-state index contributed by atoms with van der Waals surface area (Å²) in [5, 5.41) is 8.76. The first-order chi connectivity index (χ1) is 6.18. The van der Waals surface area contributed by atoms with E-state index in [-0.39, 0.29) is 0 Å². The molecule has 0 aromatic carbocycles. The number of hydrogen-bond acceptors (Lipinski definition) is 3. The minimum Gasteiger partial charge on any atom is -0.463 e. The Bertz CT molecular complexity index is 192. The first-order valence-corrected chi connectivity index (χ1v) is 4.31. The molecule has 74 valence electrons. The molecular weight excluding hydrogens is 168 g/mol. The zero-order valence-corrected chi connectivity index (χ0v) is 8.06.